The number of ether oxygens (including phenoxy) is 1. The number of aliphatic carboxylic acids is 1. The van der Waals surface area contributed by atoms with Crippen molar-refractivity contribution in [3.05, 3.63) is 52.2 Å². The van der Waals surface area contributed by atoms with Crippen LogP contribution < -0.4 is 14.7 Å². The number of carbonyl (C=O) groups is 1. The number of hydrogen-bond acceptors (Lipinski definition) is 4. The molecular formula is C18H21NO3S. The first-order chi connectivity index (χ1) is 11.1. The molecule has 2 aromatic rings. The molecule has 5 heteroatoms. The minimum Gasteiger partial charge on any atom is -0.545 e. The van der Waals surface area contributed by atoms with Gasteiger partial charge in [-0.2, -0.15) is 0 Å². The molecule has 0 aliphatic rings. The molecule has 0 saturated heterocycles. The molecule has 0 aliphatic carbocycles. The van der Waals surface area contributed by atoms with Gasteiger partial charge in [0.05, 0.1) is 33.2 Å². The van der Waals surface area contributed by atoms with E-state index in [9.17, 15) is 9.90 Å². The molecule has 0 radical (unpaired) electrons. The second kappa shape index (κ2) is 8.50. The average molecular weight is 331 g/mol. The fourth-order valence-corrected chi connectivity index (χ4v) is 2.84. The summed E-state index contributed by atoms with van der Waals surface area (Å²) in [5.41, 5.74) is 1.00. The van der Waals surface area contributed by atoms with Crippen molar-refractivity contribution in [3.63, 3.8) is 0 Å². The lowest BCUT2D eigenvalue weighted by atomic mass is 10.1. The van der Waals surface area contributed by atoms with Crippen LogP contribution in [0.15, 0.2) is 41.8 Å². The highest BCUT2D eigenvalue weighted by Gasteiger charge is 2.04. The number of benzene rings is 1. The number of nitrogens with one attached hydrogen (secondary N) is 1. The Morgan fingerprint density at radius 2 is 2.00 bits per heavy atom. The first kappa shape index (κ1) is 17.2. The summed E-state index contributed by atoms with van der Waals surface area (Å²) in [6.07, 6.45) is 2.62. The average Bonchev–Trinajstić information content (AvgIpc) is 3.04. The van der Waals surface area contributed by atoms with Crippen LogP contribution in [0.4, 0.5) is 0 Å². The van der Waals surface area contributed by atoms with Crippen molar-refractivity contribution >= 4 is 29.0 Å². The predicted molar refractivity (Wildman–Crippen MR) is 91.4 cm³/mol. The summed E-state index contributed by atoms with van der Waals surface area (Å²) in [4.78, 5) is 13.4. The zero-order valence-electron chi connectivity index (χ0n) is 13.4. The maximum absolute atomic E-state index is 11.3. The van der Waals surface area contributed by atoms with Crippen LogP contribution in [-0.2, 0) is 4.79 Å². The van der Waals surface area contributed by atoms with Crippen LogP contribution in [-0.4, -0.2) is 33.2 Å². The molecule has 0 saturated carbocycles. The minimum atomic E-state index is -1.17. The first-order valence-corrected chi connectivity index (χ1v) is 8.43. The molecule has 0 atom stereocenters. The van der Waals surface area contributed by atoms with Crippen molar-refractivity contribution in [3.8, 4) is 5.75 Å². The molecule has 1 aromatic carbocycles. The van der Waals surface area contributed by atoms with E-state index >= 15 is 0 Å². The van der Waals surface area contributed by atoms with Crippen molar-refractivity contribution < 1.29 is 19.5 Å². The van der Waals surface area contributed by atoms with Crippen molar-refractivity contribution in [1.29, 1.82) is 0 Å². The summed E-state index contributed by atoms with van der Waals surface area (Å²) < 4.78 is 5.68. The molecule has 0 aliphatic heterocycles. The number of quaternary nitrogens is 1. The summed E-state index contributed by atoms with van der Waals surface area (Å²) in [5, 5.41) is 13.1. The van der Waals surface area contributed by atoms with E-state index in [2.05, 4.69) is 14.1 Å². The summed E-state index contributed by atoms with van der Waals surface area (Å²) in [5.74, 6) is -0.374. The zero-order chi connectivity index (χ0) is 16.7. The third-order valence-electron chi connectivity index (χ3n) is 3.29. The van der Waals surface area contributed by atoms with Crippen LogP contribution in [0.25, 0.3) is 11.6 Å². The Bertz CT molecular complexity index is 645. The Labute approximate surface area is 140 Å². The molecule has 0 unspecified atom stereocenters. The van der Waals surface area contributed by atoms with Crippen LogP contribution in [0.2, 0.25) is 0 Å². The van der Waals surface area contributed by atoms with Crippen LogP contribution in [0.3, 0.4) is 0 Å². The predicted octanol–water partition coefficient (Wildman–Crippen LogP) is 0.952. The van der Waals surface area contributed by atoms with Gasteiger partial charge >= 0.3 is 0 Å². The van der Waals surface area contributed by atoms with Crippen molar-refractivity contribution in [2.45, 2.75) is 6.42 Å². The normalized spacial score (nSPS) is 11.7. The Balaban J connectivity index is 2.01. The third kappa shape index (κ3) is 5.54. The monoisotopic (exact) mass is 331 g/mol. The second-order valence-corrected chi connectivity index (χ2v) is 6.50. The summed E-state index contributed by atoms with van der Waals surface area (Å²) in [7, 11) is 4.23. The molecule has 0 spiro atoms. The van der Waals surface area contributed by atoms with Gasteiger partial charge in [0, 0.05) is 16.9 Å². The van der Waals surface area contributed by atoms with Gasteiger partial charge in [-0.3, -0.25) is 0 Å². The number of carbonyl (C=O) groups excluding carboxylic acids is 1. The van der Waals surface area contributed by atoms with Crippen LogP contribution in [0.1, 0.15) is 16.9 Å². The van der Waals surface area contributed by atoms with E-state index in [0.29, 0.717) is 11.5 Å². The number of thiophene rings is 1. The smallest absolute Gasteiger partial charge is 0.119 e. The lowest BCUT2D eigenvalue weighted by Crippen LogP contribution is -3.05. The summed E-state index contributed by atoms with van der Waals surface area (Å²) in [6.45, 7) is 1.75. The van der Waals surface area contributed by atoms with Crippen LogP contribution >= 0.6 is 11.3 Å². The van der Waals surface area contributed by atoms with Gasteiger partial charge in [-0.1, -0.05) is 18.2 Å². The lowest BCUT2D eigenvalue weighted by molar-refractivity contribution is -0.858. The number of carboxylic acid groups (broad SMARTS) is 1. The largest absolute Gasteiger partial charge is 0.545 e. The highest BCUT2D eigenvalue weighted by atomic mass is 32.1. The molecular weight excluding hydrogens is 310 g/mol. The van der Waals surface area contributed by atoms with Gasteiger partial charge in [-0.25, -0.2) is 0 Å². The maximum Gasteiger partial charge on any atom is 0.119 e. The number of carboxylic acids is 1. The van der Waals surface area contributed by atoms with Crippen molar-refractivity contribution in [2.75, 3.05) is 27.2 Å². The van der Waals surface area contributed by atoms with Gasteiger partial charge in [0.2, 0.25) is 0 Å². The molecule has 1 heterocycles. The van der Waals surface area contributed by atoms with E-state index in [1.54, 1.807) is 12.1 Å². The van der Waals surface area contributed by atoms with E-state index in [-0.39, 0.29) is 5.57 Å². The fourth-order valence-electron chi connectivity index (χ4n) is 2.11. The third-order valence-corrected chi connectivity index (χ3v) is 4.19. The molecule has 0 fully saturated rings. The van der Waals surface area contributed by atoms with Crippen molar-refractivity contribution in [2.24, 2.45) is 0 Å². The lowest BCUT2D eigenvalue weighted by Gasteiger charge is -2.09. The summed E-state index contributed by atoms with van der Waals surface area (Å²) >= 11 is 1.38. The van der Waals surface area contributed by atoms with E-state index in [1.165, 1.54) is 16.2 Å². The quantitative estimate of drug-likeness (QED) is 0.579. The van der Waals surface area contributed by atoms with Gasteiger partial charge in [0.15, 0.2) is 0 Å². The highest BCUT2D eigenvalue weighted by molar-refractivity contribution is 7.11. The van der Waals surface area contributed by atoms with Gasteiger partial charge in [-0.15, -0.1) is 11.3 Å². The zero-order valence-corrected chi connectivity index (χ0v) is 14.2. The molecule has 0 bridgehead atoms. The van der Waals surface area contributed by atoms with Gasteiger partial charge in [0.25, 0.3) is 0 Å². The molecule has 0 amide bonds. The molecule has 1 aromatic heterocycles. The molecule has 1 N–H and O–H groups in total. The van der Waals surface area contributed by atoms with Crippen LogP contribution in [0.5, 0.6) is 5.75 Å². The second-order valence-electron chi connectivity index (χ2n) is 5.55. The standard InChI is InChI=1S/C18H21NO3S/c1-19(2)10-4-11-22-15-8-6-14(7-9-15)13-16(18(20)21)17-5-3-12-23-17/h3,5-9,12-13H,4,10-11H2,1-2H3,(H,20,21)/b16-13-. The Kier molecular flexibility index (Phi) is 6.38. The Morgan fingerprint density at radius 1 is 1.26 bits per heavy atom. The first-order valence-electron chi connectivity index (χ1n) is 7.55. The van der Waals surface area contributed by atoms with E-state index in [4.69, 9.17) is 4.74 Å². The Hall–Kier alpha value is -2.11. The van der Waals surface area contributed by atoms with E-state index in [0.717, 1.165) is 24.3 Å². The van der Waals surface area contributed by atoms with E-state index < -0.39 is 5.97 Å². The van der Waals surface area contributed by atoms with Gasteiger partial charge in [-0.05, 0) is 35.2 Å². The maximum atomic E-state index is 11.3. The molecule has 122 valence electrons. The number of hydrogen-bond donors (Lipinski definition) is 1. The molecule has 4 nitrogen and oxygen atoms in total. The van der Waals surface area contributed by atoms with Gasteiger partial charge in [0.1, 0.15) is 5.75 Å². The van der Waals surface area contributed by atoms with Gasteiger partial charge < -0.3 is 19.5 Å². The molecule has 2 rings (SSSR count). The van der Waals surface area contributed by atoms with Crippen LogP contribution in [0, 0.1) is 0 Å². The topological polar surface area (TPSA) is 53.8 Å². The van der Waals surface area contributed by atoms with E-state index in [1.807, 2.05) is 35.7 Å². The molecule has 23 heavy (non-hydrogen) atoms. The number of rotatable bonds is 8. The Morgan fingerprint density at radius 3 is 2.57 bits per heavy atom. The van der Waals surface area contributed by atoms with Crippen molar-refractivity contribution in [1.82, 2.24) is 0 Å². The minimum absolute atomic E-state index is 0.197. The SMILES string of the molecule is C[NH+](C)CCCOc1ccc(/C=C(\C(=O)[O-])c2cccs2)cc1. The fraction of sp³-hybridized carbons (Fsp3) is 0.278. The highest BCUT2D eigenvalue weighted by Crippen LogP contribution is 2.23. The summed E-state index contributed by atoms with van der Waals surface area (Å²) in [6, 6.07) is 11.0.